The summed E-state index contributed by atoms with van der Waals surface area (Å²) in [6.45, 7) is 4.90. The van der Waals surface area contributed by atoms with E-state index < -0.39 is 12.1 Å². The molecule has 0 saturated carbocycles. The molecule has 0 aliphatic rings. The van der Waals surface area contributed by atoms with Gasteiger partial charge in [0, 0.05) is 12.8 Å². The highest BCUT2D eigenvalue weighted by Crippen LogP contribution is 2.17. The molecule has 0 aromatic carbocycles. The molecule has 0 aliphatic carbocycles. The number of rotatable bonds is 54. The summed E-state index contributed by atoms with van der Waals surface area (Å²) in [5, 5.41) is 23.1. The third-order valence-corrected chi connectivity index (χ3v) is 13.5. The van der Waals surface area contributed by atoms with Crippen molar-refractivity contribution >= 4 is 11.9 Å². The fourth-order valence-electron chi connectivity index (χ4n) is 8.98. The van der Waals surface area contributed by atoms with Crippen molar-refractivity contribution in [1.29, 1.82) is 0 Å². The summed E-state index contributed by atoms with van der Waals surface area (Å²) in [5.41, 5.74) is 0. The van der Waals surface area contributed by atoms with Crippen LogP contribution in [-0.4, -0.2) is 47.4 Å². The van der Waals surface area contributed by atoms with E-state index in [1.165, 1.54) is 244 Å². The number of nitrogens with one attached hydrogen (secondary N) is 1. The summed E-state index contributed by atoms with van der Waals surface area (Å²) < 4.78 is 5.48. The van der Waals surface area contributed by atoms with Gasteiger partial charge < -0.3 is 20.3 Å². The number of hydrogen-bond donors (Lipinski definition) is 3. The average molecular weight is 917 g/mol. The Morgan fingerprint density at radius 3 is 1.09 bits per heavy atom. The van der Waals surface area contributed by atoms with Crippen molar-refractivity contribution in [3.05, 3.63) is 24.3 Å². The smallest absolute Gasteiger partial charge is 0.305 e. The summed E-state index contributed by atoms with van der Waals surface area (Å²) in [6.07, 6.45) is 66.2. The van der Waals surface area contributed by atoms with E-state index in [4.69, 9.17) is 4.74 Å². The molecule has 0 saturated heterocycles. The zero-order valence-electron chi connectivity index (χ0n) is 43.7. The topological polar surface area (TPSA) is 95.9 Å². The molecule has 3 N–H and O–H groups in total. The van der Waals surface area contributed by atoms with E-state index in [1.807, 2.05) is 6.08 Å². The number of hydrogen-bond acceptors (Lipinski definition) is 5. The van der Waals surface area contributed by atoms with Gasteiger partial charge in [0.2, 0.25) is 5.91 Å². The van der Waals surface area contributed by atoms with Gasteiger partial charge in [-0.05, 0) is 57.8 Å². The second-order valence-electron chi connectivity index (χ2n) is 20.0. The van der Waals surface area contributed by atoms with Crippen LogP contribution in [0.5, 0.6) is 0 Å². The molecule has 0 aliphatic heterocycles. The number of unbranched alkanes of at least 4 members (excludes halogenated alkanes) is 41. The Morgan fingerprint density at radius 1 is 0.415 bits per heavy atom. The molecule has 0 bridgehead atoms. The molecular formula is C59H113NO5. The van der Waals surface area contributed by atoms with E-state index in [9.17, 15) is 19.8 Å². The van der Waals surface area contributed by atoms with Crippen LogP contribution in [0.3, 0.4) is 0 Å². The van der Waals surface area contributed by atoms with Crippen molar-refractivity contribution in [2.24, 2.45) is 0 Å². The molecule has 6 heteroatoms. The lowest BCUT2D eigenvalue weighted by molar-refractivity contribution is -0.143. The summed E-state index contributed by atoms with van der Waals surface area (Å²) in [6, 6.07) is -0.633. The molecule has 2 atom stereocenters. The third-order valence-electron chi connectivity index (χ3n) is 13.5. The first-order chi connectivity index (χ1) is 32.0. The maximum absolute atomic E-state index is 12.5. The lowest BCUT2D eigenvalue weighted by Crippen LogP contribution is -2.45. The van der Waals surface area contributed by atoms with Crippen LogP contribution in [0.2, 0.25) is 0 Å². The zero-order valence-corrected chi connectivity index (χ0v) is 43.7. The van der Waals surface area contributed by atoms with Crippen molar-refractivity contribution in [1.82, 2.24) is 5.32 Å². The van der Waals surface area contributed by atoms with Crippen LogP contribution in [0.15, 0.2) is 24.3 Å². The molecule has 1 amide bonds. The van der Waals surface area contributed by atoms with Gasteiger partial charge in [0.1, 0.15) is 0 Å². The Hall–Kier alpha value is -1.66. The number of ether oxygens (including phenoxy) is 1. The molecular weight excluding hydrogens is 803 g/mol. The van der Waals surface area contributed by atoms with E-state index >= 15 is 0 Å². The molecule has 0 rings (SSSR count). The van der Waals surface area contributed by atoms with Gasteiger partial charge in [0.15, 0.2) is 0 Å². The molecule has 0 radical (unpaired) electrons. The lowest BCUT2D eigenvalue weighted by atomic mass is 10.0. The van der Waals surface area contributed by atoms with Crippen LogP contribution < -0.4 is 5.32 Å². The quantitative estimate of drug-likeness (QED) is 0.0321. The number of allylic oxidation sites excluding steroid dienone is 3. The monoisotopic (exact) mass is 916 g/mol. The largest absolute Gasteiger partial charge is 0.466 e. The Kier molecular flexibility index (Phi) is 53.5. The summed E-state index contributed by atoms with van der Waals surface area (Å²) in [5.74, 6) is -0.0784. The van der Waals surface area contributed by atoms with Crippen LogP contribution in [0.25, 0.3) is 0 Å². The van der Waals surface area contributed by atoms with Crippen molar-refractivity contribution in [3.63, 3.8) is 0 Å². The van der Waals surface area contributed by atoms with Gasteiger partial charge in [-0.3, -0.25) is 9.59 Å². The summed E-state index contributed by atoms with van der Waals surface area (Å²) in [4.78, 5) is 24.5. The molecule has 0 aromatic rings. The van der Waals surface area contributed by atoms with Crippen LogP contribution in [0, 0.1) is 0 Å². The molecule has 65 heavy (non-hydrogen) atoms. The van der Waals surface area contributed by atoms with Crippen LogP contribution in [0.1, 0.15) is 316 Å². The molecule has 0 heterocycles. The van der Waals surface area contributed by atoms with Gasteiger partial charge in [-0.25, -0.2) is 0 Å². The van der Waals surface area contributed by atoms with Crippen LogP contribution in [-0.2, 0) is 14.3 Å². The number of carbonyl (C=O) groups excluding carboxylic acids is 2. The van der Waals surface area contributed by atoms with Gasteiger partial charge in [-0.15, -0.1) is 0 Å². The number of carbonyl (C=O) groups is 2. The van der Waals surface area contributed by atoms with Gasteiger partial charge in [-0.2, -0.15) is 0 Å². The number of esters is 1. The molecule has 0 spiro atoms. The van der Waals surface area contributed by atoms with Crippen molar-refractivity contribution in [2.75, 3.05) is 13.2 Å². The third kappa shape index (κ3) is 51.6. The van der Waals surface area contributed by atoms with Crippen LogP contribution >= 0.6 is 0 Å². The van der Waals surface area contributed by atoms with E-state index in [0.717, 1.165) is 44.9 Å². The van der Waals surface area contributed by atoms with E-state index in [2.05, 4.69) is 31.3 Å². The van der Waals surface area contributed by atoms with Gasteiger partial charge in [-0.1, -0.05) is 269 Å². The average Bonchev–Trinajstić information content (AvgIpc) is 3.31. The Bertz CT molecular complexity index is 1010. The standard InChI is InChI=1S/C59H113NO5/c1-3-5-7-9-11-13-15-17-19-23-27-31-35-39-43-47-51-57(62)56(55-61)60-58(63)52-48-44-40-36-32-28-24-21-22-26-30-34-38-42-46-50-54-65-59(64)53-49-45-41-37-33-29-25-20-18-16-14-12-10-8-6-4-2/h20,25,47,51,56-57,61-62H,3-19,21-24,26-46,48-50,52-55H2,1-2H3,(H,60,63)/b25-20-,51-47+. The predicted molar refractivity (Wildman–Crippen MR) is 283 cm³/mol. The first kappa shape index (κ1) is 63.3. The minimum Gasteiger partial charge on any atom is -0.466 e. The second kappa shape index (κ2) is 54.9. The first-order valence-corrected chi connectivity index (χ1v) is 29.1. The number of aliphatic hydroxyl groups excluding tert-OH is 2. The van der Waals surface area contributed by atoms with E-state index in [1.54, 1.807) is 6.08 Å². The van der Waals surface area contributed by atoms with Gasteiger partial charge in [0.05, 0.1) is 25.4 Å². The number of amides is 1. The molecule has 6 nitrogen and oxygen atoms in total. The highest BCUT2D eigenvalue weighted by molar-refractivity contribution is 5.76. The van der Waals surface area contributed by atoms with Crippen molar-refractivity contribution in [3.8, 4) is 0 Å². The fourth-order valence-corrected chi connectivity index (χ4v) is 8.98. The van der Waals surface area contributed by atoms with Crippen molar-refractivity contribution < 1.29 is 24.5 Å². The highest BCUT2D eigenvalue weighted by Gasteiger charge is 2.18. The fraction of sp³-hybridized carbons (Fsp3) is 0.898. The minimum absolute atomic E-state index is 0.00497. The summed E-state index contributed by atoms with van der Waals surface area (Å²) in [7, 11) is 0. The van der Waals surface area contributed by atoms with Crippen molar-refractivity contribution in [2.45, 2.75) is 328 Å². The first-order valence-electron chi connectivity index (χ1n) is 29.1. The minimum atomic E-state index is -0.849. The van der Waals surface area contributed by atoms with Gasteiger partial charge in [0.25, 0.3) is 0 Å². The van der Waals surface area contributed by atoms with E-state index in [0.29, 0.717) is 19.4 Å². The normalized spacial score (nSPS) is 12.7. The SMILES string of the molecule is CCCCCCCCC/C=C\CCCCCCCC(=O)OCCCCCCCCCCCCCCCCCCC(=O)NC(CO)C(O)/C=C/CCCCCCCCCCCCCCCC. The molecule has 384 valence electrons. The molecule has 2 unspecified atom stereocenters. The van der Waals surface area contributed by atoms with E-state index in [-0.39, 0.29) is 18.5 Å². The lowest BCUT2D eigenvalue weighted by Gasteiger charge is -2.20. The van der Waals surface area contributed by atoms with Gasteiger partial charge >= 0.3 is 5.97 Å². The maximum Gasteiger partial charge on any atom is 0.305 e. The van der Waals surface area contributed by atoms with Crippen LogP contribution in [0.4, 0.5) is 0 Å². The number of aliphatic hydroxyl groups is 2. The maximum atomic E-state index is 12.5. The Balaban J connectivity index is 3.45. The Labute approximate surface area is 405 Å². The predicted octanol–water partition coefficient (Wildman–Crippen LogP) is 17.9. The second-order valence-corrected chi connectivity index (χ2v) is 20.0. The highest BCUT2D eigenvalue weighted by atomic mass is 16.5. The molecule has 0 fully saturated rings. The molecule has 0 aromatic heterocycles. The Morgan fingerprint density at radius 2 is 0.723 bits per heavy atom. The summed E-state index contributed by atoms with van der Waals surface area (Å²) >= 11 is 0. The zero-order chi connectivity index (χ0) is 47.2.